The Bertz CT molecular complexity index is 779. The van der Waals surface area contributed by atoms with Crippen molar-refractivity contribution < 1.29 is 4.39 Å². The predicted molar refractivity (Wildman–Crippen MR) is 128 cm³/mol. The third-order valence-electron chi connectivity index (χ3n) is 7.41. The monoisotopic (exact) mass is 419 g/mol. The fraction of sp³-hybridized carbons (Fsp3) is 0.552. The van der Waals surface area contributed by atoms with Crippen LogP contribution in [0.4, 0.5) is 4.39 Å². The number of allylic oxidation sites excluding steroid dienone is 6. The van der Waals surface area contributed by atoms with Gasteiger partial charge in [0.25, 0.3) is 0 Å². The molecule has 0 amide bonds. The molecular formula is C29H38FN. The third-order valence-corrected chi connectivity index (χ3v) is 7.41. The van der Waals surface area contributed by atoms with Gasteiger partial charge in [0.05, 0.1) is 0 Å². The van der Waals surface area contributed by atoms with Crippen LogP contribution in [0.1, 0.15) is 88.2 Å². The zero-order valence-electron chi connectivity index (χ0n) is 19.1. The molecule has 0 N–H and O–H groups in total. The molecule has 2 aliphatic rings. The number of aryl methyl sites for hydroxylation is 1. The molecule has 0 aromatic heterocycles. The molecule has 166 valence electrons. The molecule has 2 fully saturated rings. The molecule has 0 unspecified atom stereocenters. The van der Waals surface area contributed by atoms with Gasteiger partial charge in [0, 0.05) is 0 Å². The lowest BCUT2D eigenvalue weighted by molar-refractivity contribution is 0.295. The van der Waals surface area contributed by atoms with Crippen molar-refractivity contribution in [2.24, 2.45) is 17.8 Å². The Balaban J connectivity index is 1.33. The summed E-state index contributed by atoms with van der Waals surface area (Å²) in [6, 6.07) is 10.8. The topological polar surface area (TPSA) is 23.8 Å². The summed E-state index contributed by atoms with van der Waals surface area (Å²) >= 11 is 0. The number of hydrogen-bond acceptors (Lipinski definition) is 1. The van der Waals surface area contributed by atoms with Crippen molar-refractivity contribution in [2.75, 3.05) is 0 Å². The molecule has 0 saturated heterocycles. The molecule has 2 saturated carbocycles. The zero-order valence-corrected chi connectivity index (χ0v) is 19.1. The first kappa shape index (κ1) is 23.5. The first-order valence-corrected chi connectivity index (χ1v) is 12.4. The maximum absolute atomic E-state index is 12.7. The van der Waals surface area contributed by atoms with Gasteiger partial charge in [0.1, 0.15) is 6.07 Å². The Kier molecular flexibility index (Phi) is 9.60. The molecule has 31 heavy (non-hydrogen) atoms. The second-order valence-corrected chi connectivity index (χ2v) is 9.50. The van der Waals surface area contributed by atoms with E-state index in [1.54, 1.807) is 11.6 Å². The van der Waals surface area contributed by atoms with Crippen LogP contribution >= 0.6 is 0 Å². The van der Waals surface area contributed by atoms with Gasteiger partial charge in [0.15, 0.2) is 5.83 Å². The lowest BCUT2D eigenvalue weighted by Gasteiger charge is -2.29. The highest BCUT2D eigenvalue weighted by Crippen LogP contribution is 2.37. The SMILES string of the molecule is CCc1ccc([C@H]2CC[C@H](/C=C/[C@H]3CC[C@H](CCC=CC=C(F)C#N)CC3)CC2)cc1. The summed E-state index contributed by atoms with van der Waals surface area (Å²) in [6.07, 6.45) is 23.8. The van der Waals surface area contributed by atoms with E-state index in [-0.39, 0.29) is 0 Å². The van der Waals surface area contributed by atoms with Crippen molar-refractivity contribution in [2.45, 2.75) is 83.5 Å². The Morgan fingerprint density at radius 3 is 2.16 bits per heavy atom. The second-order valence-electron chi connectivity index (χ2n) is 9.50. The van der Waals surface area contributed by atoms with E-state index in [0.717, 1.165) is 36.5 Å². The molecule has 0 radical (unpaired) electrons. The summed E-state index contributed by atoms with van der Waals surface area (Å²) in [4.78, 5) is 0. The molecule has 2 heteroatoms. The Labute approximate surface area is 188 Å². The van der Waals surface area contributed by atoms with E-state index in [2.05, 4.69) is 43.3 Å². The molecule has 2 aliphatic carbocycles. The maximum Gasteiger partial charge on any atom is 0.199 e. The standard InChI is InChI=1S/C29H38FN/c1-2-23-14-18-27(19-15-23)28-20-16-26(17-21-28)13-12-25-10-8-24(9-11-25)6-4-3-5-7-29(30)22-31/h3,5,7,12-15,18-19,24-26,28H,2,4,6,8-11,16-17,20-21H2,1H3/b5-3?,13-12+,29-7?/t24-,25-,26-,28-. The molecule has 0 bridgehead atoms. The fourth-order valence-corrected chi connectivity index (χ4v) is 5.27. The predicted octanol–water partition coefficient (Wildman–Crippen LogP) is 8.60. The summed E-state index contributed by atoms with van der Waals surface area (Å²) in [5.74, 6) is 2.37. The van der Waals surface area contributed by atoms with Crippen LogP contribution in [0.5, 0.6) is 0 Å². The highest BCUT2D eigenvalue weighted by molar-refractivity contribution is 5.26. The van der Waals surface area contributed by atoms with Gasteiger partial charge < -0.3 is 0 Å². The largest absolute Gasteiger partial charge is 0.199 e. The maximum atomic E-state index is 12.7. The number of nitriles is 1. The first-order valence-electron chi connectivity index (χ1n) is 12.4. The summed E-state index contributed by atoms with van der Waals surface area (Å²) in [7, 11) is 0. The van der Waals surface area contributed by atoms with E-state index < -0.39 is 5.83 Å². The number of nitrogens with zero attached hydrogens (tertiary/aromatic N) is 1. The van der Waals surface area contributed by atoms with Gasteiger partial charge in [-0.3, -0.25) is 0 Å². The molecule has 1 nitrogen and oxygen atoms in total. The first-order chi connectivity index (χ1) is 15.2. The average Bonchev–Trinajstić information content (AvgIpc) is 2.83. The lowest BCUT2D eigenvalue weighted by atomic mass is 9.77. The Morgan fingerprint density at radius 2 is 1.58 bits per heavy atom. The van der Waals surface area contributed by atoms with Crippen molar-refractivity contribution in [3.05, 3.63) is 71.6 Å². The molecule has 0 heterocycles. The van der Waals surface area contributed by atoms with Gasteiger partial charge in [-0.05, 0) is 112 Å². The summed E-state index contributed by atoms with van der Waals surface area (Å²) < 4.78 is 12.7. The van der Waals surface area contributed by atoms with Crippen molar-refractivity contribution in [1.29, 1.82) is 5.26 Å². The minimum atomic E-state index is -0.720. The van der Waals surface area contributed by atoms with E-state index in [9.17, 15) is 4.39 Å². The summed E-state index contributed by atoms with van der Waals surface area (Å²) in [6.45, 7) is 2.22. The van der Waals surface area contributed by atoms with Crippen LogP contribution in [-0.4, -0.2) is 0 Å². The molecule has 0 atom stereocenters. The molecule has 3 rings (SSSR count). The molecule has 0 aliphatic heterocycles. The van der Waals surface area contributed by atoms with E-state index in [1.165, 1.54) is 75.5 Å². The van der Waals surface area contributed by atoms with Gasteiger partial charge in [-0.1, -0.05) is 55.5 Å². The molecule has 1 aromatic carbocycles. The number of rotatable bonds is 8. The minimum absolute atomic E-state index is 0.720. The van der Waals surface area contributed by atoms with Gasteiger partial charge in [-0.25, -0.2) is 0 Å². The van der Waals surface area contributed by atoms with Crippen LogP contribution in [0, 0.1) is 29.1 Å². The van der Waals surface area contributed by atoms with Crippen LogP contribution in [0.2, 0.25) is 0 Å². The van der Waals surface area contributed by atoms with E-state index >= 15 is 0 Å². The van der Waals surface area contributed by atoms with E-state index in [4.69, 9.17) is 5.26 Å². The van der Waals surface area contributed by atoms with Gasteiger partial charge >= 0.3 is 0 Å². The van der Waals surface area contributed by atoms with Gasteiger partial charge in [-0.2, -0.15) is 9.65 Å². The fourth-order valence-electron chi connectivity index (χ4n) is 5.27. The summed E-state index contributed by atoms with van der Waals surface area (Å²) in [5.41, 5.74) is 2.98. The highest BCUT2D eigenvalue weighted by atomic mass is 19.1. The molecule has 1 aromatic rings. The Morgan fingerprint density at radius 1 is 0.968 bits per heavy atom. The van der Waals surface area contributed by atoms with Gasteiger partial charge in [0.2, 0.25) is 0 Å². The van der Waals surface area contributed by atoms with Crippen LogP contribution < -0.4 is 0 Å². The zero-order chi connectivity index (χ0) is 21.9. The third kappa shape index (κ3) is 7.80. The minimum Gasteiger partial charge on any atom is -0.195 e. The number of benzene rings is 1. The normalized spacial score (nSPS) is 27.6. The van der Waals surface area contributed by atoms with Crippen molar-refractivity contribution in [3.8, 4) is 6.07 Å². The number of hydrogen-bond donors (Lipinski definition) is 0. The van der Waals surface area contributed by atoms with Crippen molar-refractivity contribution in [1.82, 2.24) is 0 Å². The highest BCUT2D eigenvalue weighted by Gasteiger charge is 2.22. The van der Waals surface area contributed by atoms with E-state index in [1.807, 2.05) is 6.08 Å². The van der Waals surface area contributed by atoms with Gasteiger partial charge in [-0.15, -0.1) is 0 Å². The van der Waals surface area contributed by atoms with E-state index in [0.29, 0.717) is 0 Å². The van der Waals surface area contributed by atoms with Crippen LogP contribution in [0.15, 0.2) is 60.5 Å². The van der Waals surface area contributed by atoms with Crippen LogP contribution in [-0.2, 0) is 6.42 Å². The second kappa shape index (κ2) is 12.7. The molecular weight excluding hydrogens is 381 g/mol. The average molecular weight is 420 g/mol. The Hall–Kier alpha value is -2.14. The number of halogens is 1. The quantitative estimate of drug-likeness (QED) is 0.235. The smallest absolute Gasteiger partial charge is 0.195 e. The molecule has 0 spiro atoms. The van der Waals surface area contributed by atoms with Crippen LogP contribution in [0.3, 0.4) is 0 Å². The van der Waals surface area contributed by atoms with Crippen molar-refractivity contribution >= 4 is 0 Å². The lowest BCUT2D eigenvalue weighted by Crippen LogP contribution is -2.14. The summed E-state index contributed by atoms with van der Waals surface area (Å²) in [5, 5.41) is 8.39. The van der Waals surface area contributed by atoms with Crippen LogP contribution in [0.25, 0.3) is 0 Å². The van der Waals surface area contributed by atoms with Crippen molar-refractivity contribution in [3.63, 3.8) is 0 Å².